The molecule has 116 valence electrons. The summed E-state index contributed by atoms with van der Waals surface area (Å²) in [7, 11) is -2.61. The number of sulfonamides is 1. The molecule has 0 atom stereocenters. The lowest BCUT2D eigenvalue weighted by Gasteiger charge is -2.24. The Bertz CT molecular complexity index is 646. The van der Waals surface area contributed by atoms with Crippen molar-refractivity contribution < 1.29 is 17.9 Å². The van der Waals surface area contributed by atoms with Crippen LogP contribution in [0.5, 0.6) is 0 Å². The fraction of sp³-hybridized carbons (Fsp3) is 0.357. The number of likely N-dealkylation sites (N-methyl/N-ethyl adjacent to an activating group) is 1. The third-order valence-corrected chi connectivity index (χ3v) is 5.12. The molecule has 1 rings (SSSR count). The second kappa shape index (κ2) is 7.09. The van der Waals surface area contributed by atoms with Crippen molar-refractivity contribution in [2.24, 2.45) is 0 Å². The minimum absolute atomic E-state index is 0.0272. The number of hydrogen-bond donors (Lipinski definition) is 0. The van der Waals surface area contributed by atoms with Gasteiger partial charge in [-0.2, -0.15) is 0 Å². The van der Waals surface area contributed by atoms with Gasteiger partial charge in [0.15, 0.2) is 0 Å². The summed E-state index contributed by atoms with van der Waals surface area (Å²) >= 11 is 3.17. The van der Waals surface area contributed by atoms with Gasteiger partial charge in [-0.1, -0.05) is 33.6 Å². The predicted octanol–water partition coefficient (Wildman–Crippen LogP) is 2.81. The lowest BCUT2D eigenvalue weighted by molar-refractivity contribution is -0.137. The molecule has 0 aliphatic heterocycles. The molecule has 0 heterocycles. The summed E-state index contributed by atoms with van der Waals surface area (Å²) in [5.74, 6) is -0.707. The van der Waals surface area contributed by atoms with Gasteiger partial charge >= 0.3 is 5.97 Å². The number of methoxy groups -OCH3 is 1. The van der Waals surface area contributed by atoms with E-state index < -0.39 is 16.0 Å². The van der Waals surface area contributed by atoms with Crippen LogP contribution in [0.15, 0.2) is 39.3 Å². The summed E-state index contributed by atoms with van der Waals surface area (Å²) in [5, 5.41) is 0. The van der Waals surface area contributed by atoms with Gasteiger partial charge in [0.05, 0.1) is 12.0 Å². The summed E-state index contributed by atoms with van der Waals surface area (Å²) < 4.78 is 31.5. The van der Waals surface area contributed by atoms with Gasteiger partial charge in [0.2, 0.25) is 0 Å². The monoisotopic (exact) mass is 375 g/mol. The van der Waals surface area contributed by atoms with E-state index in [1.807, 2.05) is 6.92 Å². The van der Waals surface area contributed by atoms with Crippen molar-refractivity contribution in [2.75, 3.05) is 13.7 Å². The van der Waals surface area contributed by atoms with Crippen LogP contribution in [0.1, 0.15) is 19.4 Å². The summed E-state index contributed by atoms with van der Waals surface area (Å²) in [6.07, 6.45) is 0. The number of rotatable bonds is 5. The van der Waals surface area contributed by atoms with E-state index in [0.717, 1.165) is 9.87 Å². The van der Waals surface area contributed by atoms with Crippen LogP contribution in [0, 0.1) is 6.92 Å². The fourth-order valence-corrected chi connectivity index (χ4v) is 3.82. The zero-order valence-electron chi connectivity index (χ0n) is 12.4. The van der Waals surface area contributed by atoms with Crippen molar-refractivity contribution >= 4 is 31.9 Å². The van der Waals surface area contributed by atoms with Gasteiger partial charge in [-0.25, -0.2) is 13.2 Å². The average Bonchev–Trinajstić information content (AvgIpc) is 2.43. The van der Waals surface area contributed by atoms with Gasteiger partial charge in [0.1, 0.15) is 5.70 Å². The highest BCUT2D eigenvalue weighted by atomic mass is 79.9. The molecule has 0 aliphatic carbocycles. The second-order valence-corrected chi connectivity index (χ2v) is 7.41. The Morgan fingerprint density at radius 3 is 2.19 bits per heavy atom. The predicted molar refractivity (Wildman–Crippen MR) is 84.4 cm³/mol. The van der Waals surface area contributed by atoms with E-state index in [1.54, 1.807) is 26.0 Å². The molecule has 0 bridgehead atoms. The van der Waals surface area contributed by atoms with Gasteiger partial charge in [-0.3, -0.25) is 4.31 Å². The van der Waals surface area contributed by atoms with Gasteiger partial charge in [0.25, 0.3) is 10.0 Å². The summed E-state index contributed by atoms with van der Waals surface area (Å²) in [4.78, 5) is 12.0. The molecule has 21 heavy (non-hydrogen) atoms. The Balaban J connectivity index is 3.40. The van der Waals surface area contributed by atoms with Crippen LogP contribution in [0.4, 0.5) is 0 Å². The lowest BCUT2D eigenvalue weighted by atomic mass is 10.2. The number of carbonyl (C=O) groups excluding carboxylic acids is 1. The van der Waals surface area contributed by atoms with E-state index in [4.69, 9.17) is 0 Å². The van der Waals surface area contributed by atoms with Crippen LogP contribution in [0.25, 0.3) is 0 Å². The number of benzene rings is 1. The number of halogens is 1. The smallest absolute Gasteiger partial charge is 0.356 e. The number of esters is 1. The molecule has 0 unspecified atom stereocenters. The molecule has 7 heteroatoms. The first-order chi connectivity index (χ1) is 9.75. The molecule has 0 radical (unpaired) electrons. The second-order valence-electron chi connectivity index (χ2n) is 4.36. The molecule has 0 saturated carbocycles. The molecule has 5 nitrogen and oxygen atoms in total. The highest BCUT2D eigenvalue weighted by Crippen LogP contribution is 2.25. The zero-order chi connectivity index (χ0) is 16.2. The summed E-state index contributed by atoms with van der Waals surface area (Å²) in [6.45, 7) is 5.24. The van der Waals surface area contributed by atoms with Crippen molar-refractivity contribution in [3.05, 3.63) is 40.0 Å². The van der Waals surface area contributed by atoms with Crippen molar-refractivity contribution in [1.29, 1.82) is 0 Å². The van der Waals surface area contributed by atoms with Gasteiger partial charge in [-0.05, 0) is 32.9 Å². The SMILES string of the molecule is CCN(/C(C(=O)OC)=C(/C)Br)S(=O)(=O)c1ccc(C)cc1. The number of aryl methyl sites for hydroxylation is 1. The Labute approximate surface area is 133 Å². The normalized spacial score (nSPS) is 12.6. The number of ether oxygens (including phenoxy) is 1. The van der Waals surface area contributed by atoms with E-state index >= 15 is 0 Å². The maximum Gasteiger partial charge on any atom is 0.356 e. The molecule has 0 aromatic heterocycles. The van der Waals surface area contributed by atoms with E-state index in [-0.39, 0.29) is 17.1 Å². The van der Waals surface area contributed by atoms with Crippen LogP contribution in [-0.4, -0.2) is 32.3 Å². The topological polar surface area (TPSA) is 63.7 Å². The molecular formula is C14H18BrNO4S. The van der Waals surface area contributed by atoms with Crippen LogP contribution in [-0.2, 0) is 19.6 Å². The number of hydrogen-bond acceptors (Lipinski definition) is 4. The van der Waals surface area contributed by atoms with Crippen LogP contribution in [0.3, 0.4) is 0 Å². The maximum atomic E-state index is 12.7. The van der Waals surface area contributed by atoms with Crippen LogP contribution in [0.2, 0.25) is 0 Å². The standard InChI is InChI=1S/C14H18BrNO4S/c1-5-16(13(11(3)15)14(17)20-4)21(18,19)12-8-6-10(2)7-9-12/h6-9H,5H2,1-4H3/b13-11-. The van der Waals surface area contributed by atoms with Crippen molar-refractivity contribution in [3.8, 4) is 0 Å². The van der Waals surface area contributed by atoms with Crippen molar-refractivity contribution in [3.63, 3.8) is 0 Å². The molecule has 1 aromatic rings. The summed E-state index contributed by atoms with van der Waals surface area (Å²) in [5.41, 5.74) is 0.929. The van der Waals surface area contributed by atoms with Gasteiger partial charge < -0.3 is 4.74 Å². The highest BCUT2D eigenvalue weighted by Gasteiger charge is 2.30. The fourth-order valence-electron chi connectivity index (χ4n) is 1.80. The molecule has 0 N–H and O–H groups in total. The number of allylic oxidation sites excluding steroid dienone is 1. The average molecular weight is 376 g/mol. The van der Waals surface area contributed by atoms with Crippen molar-refractivity contribution in [2.45, 2.75) is 25.7 Å². The van der Waals surface area contributed by atoms with E-state index in [0.29, 0.717) is 4.48 Å². The Hall–Kier alpha value is -1.34. The third-order valence-electron chi connectivity index (χ3n) is 2.85. The van der Waals surface area contributed by atoms with Gasteiger partial charge in [-0.15, -0.1) is 0 Å². The molecule has 0 fully saturated rings. The summed E-state index contributed by atoms with van der Waals surface area (Å²) in [6, 6.07) is 6.46. The third kappa shape index (κ3) is 3.85. The molecule has 0 amide bonds. The number of nitrogens with zero attached hydrogens (tertiary/aromatic N) is 1. The quantitative estimate of drug-likeness (QED) is 0.586. The molecule has 0 aliphatic rings. The Kier molecular flexibility index (Phi) is 5.98. The van der Waals surface area contributed by atoms with Crippen molar-refractivity contribution in [1.82, 2.24) is 4.31 Å². The minimum Gasteiger partial charge on any atom is -0.464 e. The number of carbonyl (C=O) groups is 1. The van der Waals surface area contributed by atoms with Gasteiger partial charge in [0, 0.05) is 11.0 Å². The van der Waals surface area contributed by atoms with E-state index in [9.17, 15) is 13.2 Å². The molecular weight excluding hydrogens is 358 g/mol. The first-order valence-electron chi connectivity index (χ1n) is 6.29. The first-order valence-corrected chi connectivity index (χ1v) is 8.53. The molecule has 0 saturated heterocycles. The Morgan fingerprint density at radius 2 is 1.81 bits per heavy atom. The molecule has 1 aromatic carbocycles. The Morgan fingerprint density at radius 1 is 1.29 bits per heavy atom. The van der Waals surface area contributed by atoms with Crippen LogP contribution >= 0.6 is 15.9 Å². The zero-order valence-corrected chi connectivity index (χ0v) is 14.8. The van der Waals surface area contributed by atoms with Crippen LogP contribution < -0.4 is 0 Å². The first kappa shape index (κ1) is 17.7. The largest absolute Gasteiger partial charge is 0.464 e. The highest BCUT2D eigenvalue weighted by molar-refractivity contribution is 9.11. The molecule has 0 spiro atoms. The minimum atomic E-state index is -3.82. The van der Waals surface area contributed by atoms with E-state index in [2.05, 4.69) is 20.7 Å². The van der Waals surface area contributed by atoms with E-state index in [1.165, 1.54) is 19.2 Å². The maximum absolute atomic E-state index is 12.7. The lowest BCUT2D eigenvalue weighted by Crippen LogP contribution is -2.34.